The molecule has 0 aromatic heterocycles. The van der Waals surface area contributed by atoms with Gasteiger partial charge in [0.05, 0.1) is 21.7 Å². The van der Waals surface area contributed by atoms with Gasteiger partial charge in [0.2, 0.25) is 12.1 Å². The van der Waals surface area contributed by atoms with Crippen LogP contribution in [0.3, 0.4) is 0 Å². The standard InChI is InChI=1S/C10H18N4/c1-5-9(3)7-11-13-14-12-8-10(4)6-2/h9-10H,5-6H2,1-4H3/q+2. The Morgan fingerprint density at radius 1 is 0.929 bits per heavy atom. The Bertz CT molecular complexity index is 257. The Balaban J connectivity index is 3.91. The maximum absolute atomic E-state index is 3.64. The molecule has 0 rings (SSSR count). The summed E-state index contributed by atoms with van der Waals surface area (Å²) in [7, 11) is 0. The molecule has 14 heavy (non-hydrogen) atoms. The van der Waals surface area contributed by atoms with E-state index < -0.39 is 0 Å². The molecule has 4 heteroatoms. The largest absolute Gasteiger partial charge is 0.522 e. The molecular weight excluding hydrogens is 176 g/mol. The zero-order valence-corrected chi connectivity index (χ0v) is 9.36. The zero-order chi connectivity index (χ0) is 10.8. The highest BCUT2D eigenvalue weighted by atomic mass is 15.5. The maximum Gasteiger partial charge on any atom is 0.522 e. The number of nitrogens with zero attached hydrogens (tertiary/aromatic N) is 4. The Hall–Kier alpha value is -1.42. The topological polar surface area (TPSA) is 33.4 Å². The van der Waals surface area contributed by atoms with Crippen LogP contribution in [0.25, 0.3) is 9.91 Å². The lowest BCUT2D eigenvalue weighted by molar-refractivity contribution is 0.719. The van der Waals surface area contributed by atoms with E-state index in [1.165, 1.54) is 0 Å². The van der Waals surface area contributed by atoms with Gasteiger partial charge in [0.1, 0.15) is 0 Å². The highest BCUT2D eigenvalue weighted by Crippen LogP contribution is 1.98. The molecule has 0 aliphatic heterocycles. The molecule has 0 saturated heterocycles. The molecule has 76 valence electrons. The van der Waals surface area contributed by atoms with Crippen molar-refractivity contribution < 1.29 is 0 Å². The number of hydrogen-bond donors (Lipinski definition) is 0. The van der Waals surface area contributed by atoms with E-state index in [0.29, 0.717) is 11.8 Å². The maximum atomic E-state index is 3.64. The fourth-order valence-electron chi connectivity index (χ4n) is 0.471. The van der Waals surface area contributed by atoms with Gasteiger partial charge in [-0.15, -0.1) is 0 Å². The van der Waals surface area contributed by atoms with Gasteiger partial charge in [-0.1, -0.05) is 13.8 Å². The van der Waals surface area contributed by atoms with Crippen molar-refractivity contribution in [2.24, 2.45) is 22.3 Å². The van der Waals surface area contributed by atoms with Gasteiger partial charge in [0, 0.05) is 0 Å². The first-order chi connectivity index (χ1) is 6.70. The summed E-state index contributed by atoms with van der Waals surface area (Å²) in [5, 5.41) is 6.95. The minimum Gasteiger partial charge on any atom is -0.0641 e. The lowest BCUT2D eigenvalue weighted by Crippen LogP contribution is -1.82. The van der Waals surface area contributed by atoms with Crippen molar-refractivity contribution in [3.8, 4) is 12.1 Å². The van der Waals surface area contributed by atoms with E-state index in [1.54, 1.807) is 0 Å². The SMILES string of the molecule is CCC(C)C#[N+]N=N[N+]#CC(C)CC. The molecule has 0 N–H and O–H groups in total. The number of rotatable bonds is 2. The first kappa shape index (κ1) is 12.6. The molecular formula is C10H18N4+2. The van der Waals surface area contributed by atoms with Gasteiger partial charge in [-0.3, -0.25) is 0 Å². The quantitative estimate of drug-likeness (QED) is 0.470. The molecule has 0 aliphatic rings. The van der Waals surface area contributed by atoms with Crippen LogP contribution in [0.15, 0.2) is 10.4 Å². The third kappa shape index (κ3) is 7.24. The molecule has 0 heterocycles. The third-order valence-corrected chi connectivity index (χ3v) is 1.91. The van der Waals surface area contributed by atoms with Gasteiger partial charge in [-0.05, 0) is 26.7 Å². The van der Waals surface area contributed by atoms with Gasteiger partial charge in [-0.2, -0.15) is 0 Å². The molecule has 4 nitrogen and oxygen atoms in total. The molecule has 2 atom stereocenters. The van der Waals surface area contributed by atoms with E-state index in [4.69, 9.17) is 0 Å². The minimum atomic E-state index is 0.316. The minimum absolute atomic E-state index is 0.316. The molecule has 0 saturated carbocycles. The summed E-state index contributed by atoms with van der Waals surface area (Å²) < 4.78 is 0. The fourth-order valence-corrected chi connectivity index (χ4v) is 0.471. The van der Waals surface area contributed by atoms with Gasteiger partial charge in [-0.25, -0.2) is 0 Å². The fraction of sp³-hybridized carbons (Fsp3) is 0.800. The highest BCUT2D eigenvalue weighted by Gasteiger charge is 2.01. The lowest BCUT2D eigenvalue weighted by Gasteiger charge is -1.84. The molecule has 0 aromatic carbocycles. The predicted octanol–water partition coefficient (Wildman–Crippen LogP) is 4.03. The van der Waals surface area contributed by atoms with E-state index in [-0.39, 0.29) is 0 Å². The van der Waals surface area contributed by atoms with E-state index in [1.807, 2.05) is 13.8 Å². The van der Waals surface area contributed by atoms with Crippen molar-refractivity contribution >= 4 is 0 Å². The van der Waals surface area contributed by atoms with Crippen LogP contribution < -0.4 is 0 Å². The second-order valence-corrected chi connectivity index (χ2v) is 3.26. The van der Waals surface area contributed by atoms with Crippen molar-refractivity contribution in [3.05, 3.63) is 9.91 Å². The molecule has 0 fully saturated rings. The smallest absolute Gasteiger partial charge is 0.0641 e. The van der Waals surface area contributed by atoms with E-state index in [2.05, 4.69) is 46.3 Å². The molecule has 0 aromatic rings. The highest BCUT2D eigenvalue weighted by molar-refractivity contribution is 4.90. The Kier molecular flexibility index (Phi) is 7.36. The molecule has 0 spiro atoms. The van der Waals surface area contributed by atoms with Crippen molar-refractivity contribution in [2.75, 3.05) is 0 Å². The summed E-state index contributed by atoms with van der Waals surface area (Å²) in [5.41, 5.74) is 0. The van der Waals surface area contributed by atoms with E-state index in [0.717, 1.165) is 12.8 Å². The molecule has 0 amide bonds. The average molecular weight is 194 g/mol. The normalized spacial score (nSPS) is 13.7. The monoisotopic (exact) mass is 194 g/mol. The van der Waals surface area contributed by atoms with Crippen LogP contribution in [0.5, 0.6) is 0 Å². The Labute approximate surface area is 85.6 Å². The van der Waals surface area contributed by atoms with Gasteiger partial charge >= 0.3 is 10.4 Å². The molecule has 0 bridgehead atoms. The summed E-state index contributed by atoms with van der Waals surface area (Å²) in [6.07, 6.45) is 2.00. The van der Waals surface area contributed by atoms with Crippen molar-refractivity contribution in [1.29, 1.82) is 0 Å². The first-order valence-electron chi connectivity index (χ1n) is 5.01. The first-order valence-corrected chi connectivity index (χ1v) is 5.01. The number of hydrogen-bond acceptors (Lipinski definition) is 2. The van der Waals surface area contributed by atoms with Gasteiger partial charge in [0.15, 0.2) is 0 Å². The summed E-state index contributed by atoms with van der Waals surface area (Å²) in [5.74, 6) is 0.632. The average Bonchev–Trinajstić information content (AvgIpc) is 2.22. The van der Waals surface area contributed by atoms with Crippen LogP contribution in [0.1, 0.15) is 40.5 Å². The summed E-state index contributed by atoms with van der Waals surface area (Å²) in [4.78, 5) is 7.28. The zero-order valence-electron chi connectivity index (χ0n) is 9.36. The van der Waals surface area contributed by atoms with E-state index in [9.17, 15) is 0 Å². The van der Waals surface area contributed by atoms with Crippen molar-refractivity contribution in [2.45, 2.75) is 40.5 Å². The molecule has 0 aliphatic carbocycles. The van der Waals surface area contributed by atoms with Gasteiger partial charge in [0.25, 0.3) is 0 Å². The third-order valence-electron chi connectivity index (χ3n) is 1.91. The summed E-state index contributed by atoms with van der Waals surface area (Å²) in [6, 6.07) is 5.62. The second kappa shape index (κ2) is 8.19. The summed E-state index contributed by atoms with van der Waals surface area (Å²) >= 11 is 0. The van der Waals surface area contributed by atoms with Crippen LogP contribution in [0.2, 0.25) is 0 Å². The van der Waals surface area contributed by atoms with Crippen LogP contribution >= 0.6 is 0 Å². The molecule has 2 unspecified atom stereocenters. The van der Waals surface area contributed by atoms with Crippen LogP contribution in [0.4, 0.5) is 0 Å². The molecule has 0 radical (unpaired) electrons. The van der Waals surface area contributed by atoms with Crippen molar-refractivity contribution in [1.82, 2.24) is 0 Å². The van der Waals surface area contributed by atoms with E-state index >= 15 is 0 Å². The van der Waals surface area contributed by atoms with Crippen LogP contribution in [-0.4, -0.2) is 0 Å². The summed E-state index contributed by atoms with van der Waals surface area (Å²) in [6.45, 7) is 8.18. The Morgan fingerprint density at radius 2 is 1.29 bits per heavy atom. The lowest BCUT2D eigenvalue weighted by atomic mass is 10.2. The Morgan fingerprint density at radius 3 is 1.57 bits per heavy atom. The van der Waals surface area contributed by atoms with Crippen LogP contribution in [-0.2, 0) is 0 Å². The van der Waals surface area contributed by atoms with Crippen LogP contribution in [0, 0.1) is 24.0 Å². The van der Waals surface area contributed by atoms with Crippen molar-refractivity contribution in [3.63, 3.8) is 0 Å². The van der Waals surface area contributed by atoms with Gasteiger partial charge < -0.3 is 0 Å². The predicted molar refractivity (Wildman–Crippen MR) is 58.3 cm³/mol. The second-order valence-electron chi connectivity index (χ2n) is 3.26.